The van der Waals surface area contributed by atoms with Crippen molar-refractivity contribution in [2.45, 2.75) is 83.1 Å². The van der Waals surface area contributed by atoms with Gasteiger partial charge in [-0.05, 0) is 34.1 Å². The van der Waals surface area contributed by atoms with Gasteiger partial charge < -0.3 is 20.8 Å². The Morgan fingerprint density at radius 3 is 0.936 bits per heavy atom. The minimum absolute atomic E-state index is 0.121. The molecule has 0 aliphatic carbocycles. The third-order valence-corrected chi connectivity index (χ3v) is 8.86. The van der Waals surface area contributed by atoms with Crippen molar-refractivity contribution >= 4 is 11.8 Å². The molecule has 0 bridgehead atoms. The van der Waals surface area contributed by atoms with Crippen LogP contribution >= 0.6 is 0 Å². The first-order valence-electron chi connectivity index (χ1n) is 16.7. The van der Waals surface area contributed by atoms with Gasteiger partial charge >= 0.3 is 0 Å². The minimum atomic E-state index is -1.31. The quantitative estimate of drug-likeness (QED) is 0.112. The van der Waals surface area contributed by atoms with Crippen LogP contribution in [-0.4, -0.2) is 45.3 Å². The molecule has 4 aromatic rings. The third kappa shape index (κ3) is 10.4. The molecule has 0 radical (unpaired) electrons. The van der Waals surface area contributed by atoms with E-state index in [2.05, 4.69) is 10.6 Å². The minimum Gasteiger partial charge on any atom is -0.387 e. The standard InChI is InChI=1S/C41H50N2O4/c1-30(2)38(40(46,26-32-17-9-5-10-18-32)27-33-19-11-6-12-20-33)42-36(44)25-37(45)43-39(31(3)4)41(47,28-34-21-13-7-14-22-34)29-35-23-15-8-16-24-35/h5-24,30-31,38-39,46-47H,25-29H2,1-4H3,(H,42,44)(H,43,45). The Kier molecular flexibility index (Phi) is 12.5. The van der Waals surface area contributed by atoms with E-state index < -0.39 is 41.5 Å². The predicted octanol–water partition coefficient (Wildman–Crippen LogP) is 6.09. The topological polar surface area (TPSA) is 98.7 Å². The lowest BCUT2D eigenvalue weighted by molar-refractivity contribution is -0.133. The number of rotatable bonds is 16. The van der Waals surface area contributed by atoms with E-state index in [-0.39, 0.29) is 11.8 Å². The van der Waals surface area contributed by atoms with Crippen LogP contribution in [0.4, 0.5) is 0 Å². The lowest BCUT2D eigenvalue weighted by Crippen LogP contribution is -2.60. The van der Waals surface area contributed by atoms with Crippen LogP contribution in [0.25, 0.3) is 0 Å². The Hall–Kier alpha value is -4.26. The highest BCUT2D eigenvalue weighted by atomic mass is 16.3. The van der Waals surface area contributed by atoms with Gasteiger partial charge in [0.1, 0.15) is 6.42 Å². The van der Waals surface area contributed by atoms with E-state index in [0.717, 1.165) is 22.3 Å². The molecule has 2 amide bonds. The second-order valence-electron chi connectivity index (χ2n) is 13.6. The molecule has 0 spiro atoms. The van der Waals surface area contributed by atoms with Crippen LogP contribution in [0.5, 0.6) is 0 Å². The molecule has 0 aromatic heterocycles. The van der Waals surface area contributed by atoms with Crippen molar-refractivity contribution in [2.75, 3.05) is 0 Å². The van der Waals surface area contributed by atoms with Crippen LogP contribution in [0.2, 0.25) is 0 Å². The molecule has 248 valence electrons. The van der Waals surface area contributed by atoms with E-state index in [1.54, 1.807) is 0 Å². The van der Waals surface area contributed by atoms with Gasteiger partial charge in [0.05, 0.1) is 23.3 Å². The first-order valence-corrected chi connectivity index (χ1v) is 16.7. The Morgan fingerprint density at radius 2 is 0.723 bits per heavy atom. The predicted molar refractivity (Wildman–Crippen MR) is 189 cm³/mol. The Labute approximate surface area is 280 Å². The highest BCUT2D eigenvalue weighted by Crippen LogP contribution is 2.29. The normalized spacial score (nSPS) is 13.3. The van der Waals surface area contributed by atoms with Crippen LogP contribution in [0.3, 0.4) is 0 Å². The molecule has 6 heteroatoms. The number of aliphatic hydroxyl groups is 2. The zero-order valence-electron chi connectivity index (χ0n) is 28.1. The number of carbonyl (C=O) groups is 2. The van der Waals surface area contributed by atoms with Gasteiger partial charge in [-0.1, -0.05) is 149 Å². The van der Waals surface area contributed by atoms with Gasteiger partial charge in [-0.3, -0.25) is 9.59 Å². The second-order valence-corrected chi connectivity index (χ2v) is 13.6. The molecule has 0 saturated carbocycles. The maximum Gasteiger partial charge on any atom is 0.229 e. The van der Waals surface area contributed by atoms with E-state index in [1.165, 1.54) is 0 Å². The Bertz CT molecular complexity index is 1330. The molecule has 0 saturated heterocycles. The molecule has 0 fully saturated rings. The molecule has 4 aromatic carbocycles. The number of nitrogens with one attached hydrogen (secondary N) is 2. The highest BCUT2D eigenvalue weighted by Gasteiger charge is 2.42. The van der Waals surface area contributed by atoms with Crippen molar-refractivity contribution in [1.29, 1.82) is 0 Å². The maximum atomic E-state index is 13.6. The molecule has 6 nitrogen and oxygen atoms in total. The summed E-state index contributed by atoms with van der Waals surface area (Å²) in [5.41, 5.74) is 1.21. The number of benzene rings is 4. The highest BCUT2D eigenvalue weighted by molar-refractivity contribution is 5.97. The van der Waals surface area contributed by atoms with Crippen LogP contribution in [-0.2, 0) is 35.3 Å². The molecule has 0 aliphatic heterocycles. The van der Waals surface area contributed by atoms with Crippen molar-refractivity contribution < 1.29 is 19.8 Å². The fourth-order valence-corrected chi connectivity index (χ4v) is 6.80. The summed E-state index contributed by atoms with van der Waals surface area (Å²) in [5.74, 6) is -1.19. The van der Waals surface area contributed by atoms with Gasteiger partial charge in [0.25, 0.3) is 0 Å². The summed E-state index contributed by atoms with van der Waals surface area (Å²) in [7, 11) is 0. The average molecular weight is 635 g/mol. The van der Waals surface area contributed by atoms with Gasteiger partial charge in [-0.15, -0.1) is 0 Å². The molecule has 2 atom stereocenters. The average Bonchev–Trinajstić information content (AvgIpc) is 3.04. The van der Waals surface area contributed by atoms with Crippen LogP contribution in [0.1, 0.15) is 56.4 Å². The van der Waals surface area contributed by atoms with Gasteiger partial charge in [-0.2, -0.15) is 0 Å². The summed E-state index contributed by atoms with van der Waals surface area (Å²) in [6.45, 7) is 7.87. The van der Waals surface area contributed by atoms with Crippen molar-refractivity contribution in [3.8, 4) is 0 Å². The van der Waals surface area contributed by atoms with Crippen LogP contribution in [0.15, 0.2) is 121 Å². The van der Waals surface area contributed by atoms with Gasteiger partial charge in [0.15, 0.2) is 0 Å². The fraction of sp³-hybridized carbons (Fsp3) is 0.366. The Balaban J connectivity index is 1.53. The van der Waals surface area contributed by atoms with E-state index in [0.29, 0.717) is 25.7 Å². The first-order chi connectivity index (χ1) is 22.5. The SMILES string of the molecule is CC(C)C(NC(=O)CC(=O)NC(C(C)C)C(O)(Cc1ccccc1)Cc1ccccc1)C(O)(Cc1ccccc1)Cc1ccccc1. The van der Waals surface area contributed by atoms with Crippen LogP contribution < -0.4 is 10.6 Å². The van der Waals surface area contributed by atoms with Crippen LogP contribution in [0, 0.1) is 11.8 Å². The Morgan fingerprint density at radius 1 is 0.489 bits per heavy atom. The molecule has 4 N–H and O–H groups in total. The summed E-state index contributed by atoms with van der Waals surface area (Å²) in [4.78, 5) is 27.1. The fourth-order valence-electron chi connectivity index (χ4n) is 6.80. The monoisotopic (exact) mass is 634 g/mol. The smallest absolute Gasteiger partial charge is 0.229 e. The van der Waals surface area contributed by atoms with E-state index in [1.807, 2.05) is 149 Å². The molecule has 0 aliphatic rings. The van der Waals surface area contributed by atoms with Crippen molar-refractivity contribution in [1.82, 2.24) is 10.6 Å². The summed E-state index contributed by atoms with van der Waals surface area (Å²) in [6, 6.07) is 37.8. The molecule has 0 heterocycles. The van der Waals surface area contributed by atoms with Crippen molar-refractivity contribution in [3.63, 3.8) is 0 Å². The zero-order chi connectivity index (χ0) is 33.9. The number of hydrogen-bond acceptors (Lipinski definition) is 4. The van der Waals surface area contributed by atoms with Gasteiger partial charge in [-0.25, -0.2) is 0 Å². The lowest BCUT2D eigenvalue weighted by Gasteiger charge is -2.40. The zero-order valence-corrected chi connectivity index (χ0v) is 28.1. The van der Waals surface area contributed by atoms with Gasteiger partial charge in [0.2, 0.25) is 11.8 Å². The second kappa shape index (κ2) is 16.5. The summed E-state index contributed by atoms with van der Waals surface area (Å²) < 4.78 is 0. The summed E-state index contributed by atoms with van der Waals surface area (Å²) >= 11 is 0. The first kappa shape index (κ1) is 35.6. The van der Waals surface area contributed by atoms with E-state index in [4.69, 9.17) is 0 Å². The summed E-state index contributed by atoms with van der Waals surface area (Å²) in [5, 5.41) is 30.7. The molecular formula is C41H50N2O4. The number of amides is 2. The maximum absolute atomic E-state index is 13.6. The third-order valence-electron chi connectivity index (χ3n) is 8.86. The summed E-state index contributed by atoms with van der Waals surface area (Å²) in [6.07, 6.45) is 0.907. The molecule has 47 heavy (non-hydrogen) atoms. The van der Waals surface area contributed by atoms with Crippen molar-refractivity contribution in [3.05, 3.63) is 144 Å². The molecule has 2 unspecified atom stereocenters. The van der Waals surface area contributed by atoms with E-state index >= 15 is 0 Å². The van der Waals surface area contributed by atoms with E-state index in [9.17, 15) is 19.8 Å². The number of hydrogen-bond donors (Lipinski definition) is 4. The number of carbonyl (C=O) groups excluding carboxylic acids is 2. The molecule has 4 rings (SSSR count). The molecular weight excluding hydrogens is 584 g/mol. The largest absolute Gasteiger partial charge is 0.387 e. The lowest BCUT2D eigenvalue weighted by atomic mass is 9.77. The van der Waals surface area contributed by atoms with Gasteiger partial charge in [0, 0.05) is 25.7 Å². The van der Waals surface area contributed by atoms with Crippen molar-refractivity contribution in [2.24, 2.45) is 11.8 Å².